The smallest absolute Gasteiger partial charge is 0.302 e. The molecule has 0 unspecified atom stereocenters. The maximum atomic E-state index is 10.9. The second kappa shape index (κ2) is 6.83. The molecule has 0 saturated carbocycles. The summed E-state index contributed by atoms with van der Waals surface area (Å²) in [5, 5.41) is 0. The van der Waals surface area contributed by atoms with Gasteiger partial charge in [0.25, 0.3) is 0 Å². The Labute approximate surface area is 96.9 Å². The highest BCUT2D eigenvalue weighted by Gasteiger charge is 2.09. The van der Waals surface area contributed by atoms with Gasteiger partial charge in [-0.25, -0.2) is 0 Å². The lowest BCUT2D eigenvalue weighted by Crippen LogP contribution is -2.16. The molecule has 16 heavy (non-hydrogen) atoms. The summed E-state index contributed by atoms with van der Waals surface area (Å²) < 4.78 is 5.20. The van der Waals surface area contributed by atoms with E-state index in [-0.39, 0.29) is 12.1 Å². The minimum Gasteiger partial charge on any atom is -0.462 e. The standard InChI is InChI=1S/C14H18O2/c1-3-7-14(16-12(2)15)11-10-13-8-5-4-6-9-13/h3-6,8-9,14H,1,7,10-11H2,2H3/t14-/m1/s1. The molecule has 1 atom stereocenters. The van der Waals surface area contributed by atoms with Crippen molar-refractivity contribution in [2.45, 2.75) is 32.3 Å². The number of ether oxygens (including phenoxy) is 1. The monoisotopic (exact) mass is 218 g/mol. The zero-order valence-corrected chi connectivity index (χ0v) is 9.69. The molecule has 0 saturated heterocycles. The van der Waals surface area contributed by atoms with Crippen molar-refractivity contribution in [3.05, 3.63) is 48.6 Å². The summed E-state index contributed by atoms with van der Waals surface area (Å²) >= 11 is 0. The van der Waals surface area contributed by atoms with E-state index in [1.54, 1.807) is 6.08 Å². The summed E-state index contributed by atoms with van der Waals surface area (Å²) in [7, 11) is 0. The molecule has 0 spiro atoms. The first kappa shape index (κ1) is 12.5. The number of carbonyl (C=O) groups is 1. The highest BCUT2D eigenvalue weighted by Crippen LogP contribution is 2.10. The third-order valence-corrected chi connectivity index (χ3v) is 2.36. The average molecular weight is 218 g/mol. The van der Waals surface area contributed by atoms with Gasteiger partial charge >= 0.3 is 5.97 Å². The van der Waals surface area contributed by atoms with E-state index in [4.69, 9.17) is 4.74 Å². The summed E-state index contributed by atoms with van der Waals surface area (Å²) in [6, 6.07) is 10.2. The molecular weight excluding hydrogens is 200 g/mol. The molecule has 1 aromatic carbocycles. The van der Waals surface area contributed by atoms with Gasteiger partial charge in [-0.1, -0.05) is 36.4 Å². The first-order valence-electron chi connectivity index (χ1n) is 5.54. The van der Waals surface area contributed by atoms with Gasteiger partial charge in [-0.2, -0.15) is 0 Å². The minimum atomic E-state index is -0.222. The predicted octanol–water partition coefficient (Wildman–Crippen LogP) is 3.13. The molecule has 0 N–H and O–H groups in total. The molecule has 0 radical (unpaired) electrons. The fraction of sp³-hybridized carbons (Fsp3) is 0.357. The highest BCUT2D eigenvalue weighted by molar-refractivity contribution is 5.66. The van der Waals surface area contributed by atoms with Crippen LogP contribution in [0.25, 0.3) is 0 Å². The maximum absolute atomic E-state index is 10.9. The van der Waals surface area contributed by atoms with E-state index in [1.807, 2.05) is 18.2 Å². The van der Waals surface area contributed by atoms with E-state index >= 15 is 0 Å². The van der Waals surface area contributed by atoms with Crippen molar-refractivity contribution in [2.75, 3.05) is 0 Å². The Bertz CT molecular complexity index is 330. The number of esters is 1. The summed E-state index contributed by atoms with van der Waals surface area (Å²) in [6.07, 6.45) is 4.22. The van der Waals surface area contributed by atoms with Crippen LogP contribution in [-0.4, -0.2) is 12.1 Å². The lowest BCUT2D eigenvalue weighted by atomic mass is 10.1. The van der Waals surface area contributed by atoms with Crippen LogP contribution >= 0.6 is 0 Å². The summed E-state index contributed by atoms with van der Waals surface area (Å²) in [5.41, 5.74) is 1.27. The van der Waals surface area contributed by atoms with Crippen LogP contribution in [0.15, 0.2) is 43.0 Å². The van der Waals surface area contributed by atoms with Gasteiger partial charge < -0.3 is 4.74 Å². The van der Waals surface area contributed by atoms with Crippen LogP contribution in [0, 0.1) is 0 Å². The number of aryl methyl sites for hydroxylation is 1. The van der Waals surface area contributed by atoms with Crippen LogP contribution in [0.5, 0.6) is 0 Å². The fourth-order valence-corrected chi connectivity index (χ4v) is 1.62. The molecule has 0 aromatic heterocycles. The van der Waals surface area contributed by atoms with Crippen LogP contribution in [-0.2, 0) is 16.0 Å². The van der Waals surface area contributed by atoms with Crippen molar-refractivity contribution in [1.82, 2.24) is 0 Å². The average Bonchev–Trinajstić information content (AvgIpc) is 2.27. The Hall–Kier alpha value is -1.57. The highest BCUT2D eigenvalue weighted by atomic mass is 16.5. The van der Waals surface area contributed by atoms with E-state index in [9.17, 15) is 4.79 Å². The van der Waals surface area contributed by atoms with Gasteiger partial charge in [0.1, 0.15) is 6.10 Å². The lowest BCUT2D eigenvalue weighted by molar-refractivity contribution is -0.146. The van der Waals surface area contributed by atoms with Crippen LogP contribution in [0.2, 0.25) is 0 Å². The van der Waals surface area contributed by atoms with Gasteiger partial charge in [0.05, 0.1) is 0 Å². The predicted molar refractivity (Wildman–Crippen MR) is 65.1 cm³/mol. The Morgan fingerprint density at radius 2 is 2.12 bits per heavy atom. The number of benzene rings is 1. The normalized spacial score (nSPS) is 11.8. The van der Waals surface area contributed by atoms with Crippen LogP contribution in [0.4, 0.5) is 0 Å². The molecular formula is C14H18O2. The van der Waals surface area contributed by atoms with Crippen LogP contribution in [0.3, 0.4) is 0 Å². The van der Waals surface area contributed by atoms with Crippen LogP contribution < -0.4 is 0 Å². The number of hydrogen-bond donors (Lipinski definition) is 0. The first-order chi connectivity index (χ1) is 7.72. The van der Waals surface area contributed by atoms with E-state index in [1.165, 1.54) is 12.5 Å². The topological polar surface area (TPSA) is 26.3 Å². The van der Waals surface area contributed by atoms with Gasteiger partial charge in [-0.15, -0.1) is 6.58 Å². The van der Waals surface area contributed by atoms with Gasteiger partial charge in [0.2, 0.25) is 0 Å². The first-order valence-corrected chi connectivity index (χ1v) is 5.54. The SMILES string of the molecule is C=CC[C@H](CCc1ccccc1)OC(C)=O. The Balaban J connectivity index is 2.43. The minimum absolute atomic E-state index is 0.0461. The fourth-order valence-electron chi connectivity index (χ4n) is 1.62. The van der Waals surface area contributed by atoms with Crippen molar-refractivity contribution >= 4 is 5.97 Å². The van der Waals surface area contributed by atoms with Crippen molar-refractivity contribution < 1.29 is 9.53 Å². The van der Waals surface area contributed by atoms with Crippen molar-refractivity contribution in [3.8, 4) is 0 Å². The molecule has 0 aliphatic rings. The zero-order chi connectivity index (χ0) is 11.8. The van der Waals surface area contributed by atoms with Gasteiger partial charge in [-0.3, -0.25) is 4.79 Å². The zero-order valence-electron chi connectivity index (χ0n) is 9.69. The Morgan fingerprint density at radius 1 is 1.44 bits per heavy atom. The molecule has 0 amide bonds. The van der Waals surface area contributed by atoms with Crippen LogP contribution in [0.1, 0.15) is 25.3 Å². The van der Waals surface area contributed by atoms with E-state index < -0.39 is 0 Å². The van der Waals surface area contributed by atoms with Gasteiger partial charge in [0, 0.05) is 13.3 Å². The van der Waals surface area contributed by atoms with Crippen molar-refractivity contribution in [2.24, 2.45) is 0 Å². The third kappa shape index (κ3) is 4.78. The summed E-state index contributed by atoms with van der Waals surface area (Å²) in [5.74, 6) is -0.222. The van der Waals surface area contributed by atoms with Crippen molar-refractivity contribution in [1.29, 1.82) is 0 Å². The van der Waals surface area contributed by atoms with E-state index in [0.717, 1.165) is 12.8 Å². The molecule has 0 fully saturated rings. The largest absolute Gasteiger partial charge is 0.462 e. The Morgan fingerprint density at radius 3 is 2.69 bits per heavy atom. The third-order valence-electron chi connectivity index (χ3n) is 2.36. The van der Waals surface area contributed by atoms with Gasteiger partial charge in [-0.05, 0) is 18.4 Å². The molecule has 0 bridgehead atoms. The molecule has 0 aliphatic heterocycles. The molecule has 1 rings (SSSR count). The molecule has 0 aliphatic carbocycles. The molecule has 0 heterocycles. The number of hydrogen-bond acceptors (Lipinski definition) is 2. The lowest BCUT2D eigenvalue weighted by Gasteiger charge is -2.15. The summed E-state index contributed by atoms with van der Waals surface area (Å²) in [4.78, 5) is 10.9. The number of rotatable bonds is 6. The Kier molecular flexibility index (Phi) is 5.34. The maximum Gasteiger partial charge on any atom is 0.302 e. The van der Waals surface area contributed by atoms with Gasteiger partial charge in [0.15, 0.2) is 0 Å². The second-order valence-electron chi connectivity index (χ2n) is 3.78. The molecule has 86 valence electrons. The van der Waals surface area contributed by atoms with E-state index in [0.29, 0.717) is 6.42 Å². The van der Waals surface area contributed by atoms with E-state index in [2.05, 4.69) is 18.7 Å². The molecule has 2 heteroatoms. The molecule has 1 aromatic rings. The van der Waals surface area contributed by atoms with Crippen molar-refractivity contribution in [3.63, 3.8) is 0 Å². The quantitative estimate of drug-likeness (QED) is 0.541. The summed E-state index contributed by atoms with van der Waals surface area (Å²) in [6.45, 7) is 5.11. The molecule has 2 nitrogen and oxygen atoms in total. The second-order valence-corrected chi connectivity index (χ2v) is 3.78. The number of carbonyl (C=O) groups excluding carboxylic acids is 1.